The van der Waals surface area contributed by atoms with E-state index in [1.54, 1.807) is 6.33 Å². The molecule has 2 rings (SSSR count). The first-order valence-electron chi connectivity index (χ1n) is 5.88. The van der Waals surface area contributed by atoms with E-state index in [1.807, 2.05) is 12.4 Å². The number of nitrogens with one attached hydrogen (secondary N) is 1. The lowest BCUT2D eigenvalue weighted by molar-refractivity contribution is -0.0122. The Hall–Kier alpha value is -1.00. The molecule has 1 fully saturated rings. The van der Waals surface area contributed by atoms with Gasteiger partial charge >= 0.3 is 0 Å². The second-order valence-electron chi connectivity index (χ2n) is 4.43. The van der Waals surface area contributed by atoms with Crippen molar-refractivity contribution in [3.63, 3.8) is 0 Å². The Balaban J connectivity index is 2.23. The third-order valence-corrected chi connectivity index (χ3v) is 3.18. The molecule has 1 aliphatic heterocycles. The van der Waals surface area contributed by atoms with Gasteiger partial charge in [-0.25, -0.2) is 9.97 Å². The fourth-order valence-electron chi connectivity index (χ4n) is 2.38. The molecule has 2 unspecified atom stereocenters. The minimum absolute atomic E-state index is 0.124. The third kappa shape index (κ3) is 2.23. The minimum atomic E-state index is -0.124. The van der Waals surface area contributed by atoms with Crippen molar-refractivity contribution in [2.24, 2.45) is 0 Å². The van der Waals surface area contributed by atoms with Crippen LogP contribution in [-0.2, 0) is 4.74 Å². The molecule has 0 aromatic carbocycles. The molecular formula is C12H19N3O. The second-order valence-corrected chi connectivity index (χ2v) is 4.43. The zero-order chi connectivity index (χ0) is 11.4. The van der Waals surface area contributed by atoms with Crippen molar-refractivity contribution >= 4 is 0 Å². The fourth-order valence-corrected chi connectivity index (χ4v) is 2.38. The number of rotatable bonds is 4. The van der Waals surface area contributed by atoms with Crippen molar-refractivity contribution in [1.82, 2.24) is 15.3 Å². The van der Waals surface area contributed by atoms with Crippen LogP contribution in [0.4, 0.5) is 0 Å². The van der Waals surface area contributed by atoms with Crippen LogP contribution in [0, 0.1) is 0 Å². The van der Waals surface area contributed by atoms with Crippen LogP contribution < -0.4 is 5.32 Å². The van der Waals surface area contributed by atoms with Crippen LogP contribution in [0.5, 0.6) is 0 Å². The highest BCUT2D eigenvalue weighted by Gasteiger charge is 2.39. The molecule has 0 saturated carbocycles. The number of likely N-dealkylation sites (N-methyl/N-ethyl adjacent to an activating group) is 1. The number of hydrogen-bond acceptors (Lipinski definition) is 4. The largest absolute Gasteiger partial charge is 0.373 e. The number of hydrogen-bond donors (Lipinski definition) is 1. The molecular weight excluding hydrogens is 202 g/mol. The average Bonchev–Trinajstić information content (AvgIpc) is 2.75. The average molecular weight is 221 g/mol. The highest BCUT2D eigenvalue weighted by molar-refractivity contribution is 5.15. The molecule has 1 aromatic rings. The van der Waals surface area contributed by atoms with Crippen LogP contribution >= 0.6 is 0 Å². The van der Waals surface area contributed by atoms with Crippen LogP contribution in [0.15, 0.2) is 18.7 Å². The molecule has 0 amide bonds. The van der Waals surface area contributed by atoms with E-state index in [0.29, 0.717) is 0 Å². The normalized spacial score (nSPS) is 26.9. The van der Waals surface area contributed by atoms with Gasteiger partial charge in [-0.3, -0.25) is 0 Å². The highest BCUT2D eigenvalue weighted by atomic mass is 16.5. The van der Waals surface area contributed by atoms with Gasteiger partial charge in [0.2, 0.25) is 0 Å². The van der Waals surface area contributed by atoms with Gasteiger partial charge in [-0.05, 0) is 26.3 Å². The van der Waals surface area contributed by atoms with Crippen LogP contribution in [0.3, 0.4) is 0 Å². The van der Waals surface area contributed by atoms with Crippen LogP contribution in [0.25, 0.3) is 0 Å². The molecule has 1 aliphatic rings. The van der Waals surface area contributed by atoms with E-state index in [-0.39, 0.29) is 11.6 Å². The van der Waals surface area contributed by atoms with Gasteiger partial charge in [-0.2, -0.15) is 0 Å². The van der Waals surface area contributed by atoms with E-state index < -0.39 is 0 Å². The maximum Gasteiger partial charge on any atom is 0.115 e. The van der Waals surface area contributed by atoms with Gasteiger partial charge in [0, 0.05) is 24.6 Å². The molecule has 4 heteroatoms. The molecule has 1 N–H and O–H groups in total. The van der Waals surface area contributed by atoms with Crippen molar-refractivity contribution < 1.29 is 4.74 Å². The molecule has 1 saturated heterocycles. The van der Waals surface area contributed by atoms with Crippen molar-refractivity contribution in [3.05, 3.63) is 24.3 Å². The summed E-state index contributed by atoms with van der Waals surface area (Å²) in [7, 11) is 0. The zero-order valence-corrected chi connectivity index (χ0v) is 9.94. The predicted octanol–water partition coefficient (Wildman–Crippen LogP) is 1.70. The van der Waals surface area contributed by atoms with E-state index in [9.17, 15) is 0 Å². The smallest absolute Gasteiger partial charge is 0.115 e. The molecule has 88 valence electrons. The van der Waals surface area contributed by atoms with Gasteiger partial charge in [0.1, 0.15) is 6.33 Å². The van der Waals surface area contributed by atoms with E-state index in [4.69, 9.17) is 4.74 Å². The minimum Gasteiger partial charge on any atom is -0.373 e. The maximum atomic E-state index is 5.89. The van der Waals surface area contributed by atoms with E-state index in [1.165, 1.54) is 0 Å². The molecule has 0 spiro atoms. The third-order valence-electron chi connectivity index (χ3n) is 3.18. The summed E-state index contributed by atoms with van der Waals surface area (Å²) in [4.78, 5) is 8.17. The summed E-state index contributed by atoms with van der Waals surface area (Å²) in [5, 5.41) is 3.48. The van der Waals surface area contributed by atoms with Gasteiger partial charge in [0.05, 0.1) is 11.6 Å². The van der Waals surface area contributed by atoms with Crippen LogP contribution in [0.1, 0.15) is 38.3 Å². The van der Waals surface area contributed by atoms with E-state index in [2.05, 4.69) is 29.1 Å². The highest BCUT2D eigenvalue weighted by Crippen LogP contribution is 2.36. The lowest BCUT2D eigenvalue weighted by Crippen LogP contribution is -2.41. The Morgan fingerprint density at radius 1 is 1.50 bits per heavy atom. The Bertz CT molecular complexity index is 322. The molecule has 0 radical (unpaired) electrons. The lowest BCUT2D eigenvalue weighted by atomic mass is 9.89. The zero-order valence-electron chi connectivity index (χ0n) is 9.94. The summed E-state index contributed by atoms with van der Waals surface area (Å²) in [6.07, 6.45) is 7.51. The van der Waals surface area contributed by atoms with Gasteiger partial charge in [-0.15, -0.1) is 0 Å². The standard InChI is InChI=1S/C12H19N3O/c1-3-15-11(10-7-13-9-14-8-10)12(2)5-4-6-16-12/h7-9,11,15H,3-6H2,1-2H3. The molecule has 0 aliphatic carbocycles. The summed E-state index contributed by atoms with van der Waals surface area (Å²) >= 11 is 0. The van der Waals surface area contributed by atoms with Gasteiger partial charge in [0.15, 0.2) is 0 Å². The van der Waals surface area contributed by atoms with Crippen molar-refractivity contribution in [1.29, 1.82) is 0 Å². The topological polar surface area (TPSA) is 47.0 Å². The Morgan fingerprint density at radius 2 is 2.25 bits per heavy atom. The summed E-state index contributed by atoms with van der Waals surface area (Å²) in [5.74, 6) is 0. The monoisotopic (exact) mass is 221 g/mol. The number of nitrogens with zero attached hydrogens (tertiary/aromatic N) is 2. The fraction of sp³-hybridized carbons (Fsp3) is 0.667. The van der Waals surface area contributed by atoms with Crippen molar-refractivity contribution in [2.45, 2.75) is 38.3 Å². The molecule has 0 bridgehead atoms. The number of ether oxygens (including phenoxy) is 1. The molecule has 4 nitrogen and oxygen atoms in total. The lowest BCUT2D eigenvalue weighted by Gasteiger charge is -2.33. The van der Waals surface area contributed by atoms with Gasteiger partial charge in [0.25, 0.3) is 0 Å². The summed E-state index contributed by atoms with van der Waals surface area (Å²) < 4.78 is 5.89. The summed E-state index contributed by atoms with van der Waals surface area (Å²) in [5.41, 5.74) is 0.981. The molecule has 16 heavy (non-hydrogen) atoms. The maximum absolute atomic E-state index is 5.89. The van der Waals surface area contributed by atoms with E-state index in [0.717, 1.165) is 31.6 Å². The Morgan fingerprint density at radius 3 is 2.81 bits per heavy atom. The van der Waals surface area contributed by atoms with E-state index >= 15 is 0 Å². The summed E-state index contributed by atoms with van der Waals surface area (Å²) in [6.45, 7) is 6.04. The number of aromatic nitrogens is 2. The first-order chi connectivity index (χ1) is 7.76. The predicted molar refractivity (Wildman–Crippen MR) is 62.0 cm³/mol. The second kappa shape index (κ2) is 4.89. The first kappa shape index (κ1) is 11.5. The Labute approximate surface area is 96.4 Å². The first-order valence-corrected chi connectivity index (χ1v) is 5.88. The quantitative estimate of drug-likeness (QED) is 0.840. The molecule has 2 heterocycles. The van der Waals surface area contributed by atoms with Crippen LogP contribution in [-0.4, -0.2) is 28.7 Å². The Kier molecular flexibility index (Phi) is 3.51. The van der Waals surface area contributed by atoms with Crippen molar-refractivity contribution in [3.8, 4) is 0 Å². The van der Waals surface area contributed by atoms with Gasteiger partial charge in [-0.1, -0.05) is 6.92 Å². The molecule has 2 atom stereocenters. The SMILES string of the molecule is CCNC(c1cncnc1)C1(C)CCCO1. The van der Waals surface area contributed by atoms with Crippen LogP contribution in [0.2, 0.25) is 0 Å². The van der Waals surface area contributed by atoms with Crippen molar-refractivity contribution in [2.75, 3.05) is 13.2 Å². The molecule has 1 aromatic heterocycles. The van der Waals surface area contributed by atoms with Gasteiger partial charge < -0.3 is 10.1 Å². The summed E-state index contributed by atoms with van der Waals surface area (Å²) in [6, 6.07) is 0.182.